The molecule has 90 valence electrons. The fraction of sp³-hybridized carbons (Fsp3) is 0.0769. The monoisotopic (exact) mass is 275 g/mol. The predicted molar refractivity (Wildman–Crippen MR) is 77.4 cm³/mol. The third-order valence-electron chi connectivity index (χ3n) is 2.63. The van der Waals surface area contributed by atoms with E-state index in [9.17, 15) is 0 Å². The molecule has 0 saturated heterocycles. The summed E-state index contributed by atoms with van der Waals surface area (Å²) < 4.78 is 0.743. The summed E-state index contributed by atoms with van der Waals surface area (Å²) in [5.41, 5.74) is 0.927. The van der Waals surface area contributed by atoms with Gasteiger partial charge in [0.1, 0.15) is 5.82 Å². The van der Waals surface area contributed by atoms with Gasteiger partial charge in [0.15, 0.2) is 5.82 Å². The number of hydrogen-bond donors (Lipinski definition) is 1. The largest absolute Gasteiger partial charge is 0.373 e. The Morgan fingerprint density at radius 1 is 1.11 bits per heavy atom. The lowest BCUT2D eigenvalue weighted by Crippen LogP contribution is -1.97. The highest BCUT2D eigenvalue weighted by Gasteiger charge is 2.09. The van der Waals surface area contributed by atoms with Gasteiger partial charge in [-0.05, 0) is 24.3 Å². The molecule has 0 unspecified atom stereocenters. The van der Waals surface area contributed by atoms with Crippen molar-refractivity contribution in [3.8, 4) is 10.7 Å². The Morgan fingerprint density at radius 2 is 1.94 bits per heavy atom. The van der Waals surface area contributed by atoms with Crippen molar-refractivity contribution in [2.24, 2.45) is 0 Å². The Morgan fingerprint density at radius 3 is 2.67 bits per heavy atom. The number of fused-ring (bicyclic) bond motifs is 1. The molecule has 1 aromatic carbocycles. The van der Waals surface area contributed by atoms with Gasteiger partial charge >= 0.3 is 0 Å². The Bertz CT molecular complexity index is 708. The van der Waals surface area contributed by atoms with E-state index < -0.39 is 0 Å². The van der Waals surface area contributed by atoms with Crippen LogP contribution in [0, 0.1) is 0 Å². The molecule has 1 N–H and O–H groups in total. The minimum atomic E-state index is 0.704. The molecule has 0 atom stereocenters. The number of benzene rings is 1. The summed E-state index contributed by atoms with van der Waals surface area (Å²) in [6, 6.07) is 11.7. The molecule has 0 radical (unpaired) electrons. The number of hydrogen-bond acceptors (Lipinski definition) is 4. The van der Waals surface area contributed by atoms with Crippen molar-refractivity contribution in [1.82, 2.24) is 9.97 Å². The van der Waals surface area contributed by atoms with E-state index in [-0.39, 0.29) is 0 Å². The Balaban J connectivity index is 2.25. The number of nitrogens with zero attached hydrogens (tertiary/aromatic N) is 2. The van der Waals surface area contributed by atoms with Gasteiger partial charge in [0.2, 0.25) is 0 Å². The molecule has 0 amide bonds. The van der Waals surface area contributed by atoms with Crippen molar-refractivity contribution in [3.63, 3.8) is 0 Å². The number of anilines is 1. The molecular weight excluding hydrogens is 266 g/mol. The maximum absolute atomic E-state index is 5.95. The molecule has 3 rings (SSSR count). The number of nitrogens with one attached hydrogen (secondary N) is 1. The van der Waals surface area contributed by atoms with Gasteiger partial charge in [-0.15, -0.1) is 11.3 Å². The third-order valence-corrected chi connectivity index (χ3v) is 3.86. The van der Waals surface area contributed by atoms with E-state index in [1.165, 1.54) is 11.3 Å². The Labute approximate surface area is 113 Å². The summed E-state index contributed by atoms with van der Waals surface area (Å²) >= 11 is 7.43. The van der Waals surface area contributed by atoms with Gasteiger partial charge in [-0.25, -0.2) is 9.97 Å². The average molecular weight is 276 g/mol. The van der Waals surface area contributed by atoms with Crippen molar-refractivity contribution in [2.45, 2.75) is 0 Å². The van der Waals surface area contributed by atoms with Gasteiger partial charge in [0.25, 0.3) is 0 Å². The van der Waals surface area contributed by atoms with Crippen LogP contribution >= 0.6 is 22.9 Å². The van der Waals surface area contributed by atoms with E-state index in [4.69, 9.17) is 11.6 Å². The first-order valence-corrected chi connectivity index (χ1v) is 6.67. The van der Waals surface area contributed by atoms with E-state index in [0.29, 0.717) is 5.82 Å². The van der Waals surface area contributed by atoms with E-state index in [2.05, 4.69) is 15.3 Å². The first-order valence-electron chi connectivity index (χ1n) is 5.48. The summed E-state index contributed by atoms with van der Waals surface area (Å²) in [7, 11) is 1.86. The molecular formula is C13H10ClN3S. The maximum Gasteiger partial charge on any atom is 0.172 e. The van der Waals surface area contributed by atoms with Gasteiger partial charge in [0.05, 0.1) is 14.7 Å². The lowest BCUT2D eigenvalue weighted by molar-refractivity contribution is 1.22. The Kier molecular flexibility index (Phi) is 2.89. The van der Waals surface area contributed by atoms with Crippen LogP contribution in [0.5, 0.6) is 0 Å². The number of aromatic nitrogens is 2. The molecule has 0 spiro atoms. The molecule has 2 aromatic heterocycles. The maximum atomic E-state index is 5.95. The molecule has 18 heavy (non-hydrogen) atoms. The number of para-hydroxylation sites is 1. The molecule has 2 heterocycles. The quantitative estimate of drug-likeness (QED) is 0.767. The second-order valence-electron chi connectivity index (χ2n) is 3.77. The predicted octanol–water partition coefficient (Wildman–Crippen LogP) is 4.05. The van der Waals surface area contributed by atoms with Crippen molar-refractivity contribution in [2.75, 3.05) is 12.4 Å². The van der Waals surface area contributed by atoms with Crippen LogP contribution in [0.15, 0.2) is 36.4 Å². The van der Waals surface area contributed by atoms with Crippen LogP contribution in [0.25, 0.3) is 21.6 Å². The Hall–Kier alpha value is -1.65. The molecule has 0 fully saturated rings. The fourth-order valence-electron chi connectivity index (χ4n) is 1.81. The highest BCUT2D eigenvalue weighted by Crippen LogP contribution is 2.31. The lowest BCUT2D eigenvalue weighted by Gasteiger charge is -2.06. The van der Waals surface area contributed by atoms with Gasteiger partial charge in [-0.1, -0.05) is 23.7 Å². The molecule has 0 aliphatic heterocycles. The highest BCUT2D eigenvalue weighted by molar-refractivity contribution is 7.19. The standard InChI is InChI=1S/C13H10ClN3S/c1-15-12-8-4-2-3-5-9(8)16-13(17-12)10-6-7-11(14)18-10/h2-7H,1H3,(H,15,16,17). The van der Waals surface area contributed by atoms with Crippen LogP contribution in [-0.2, 0) is 0 Å². The zero-order valence-corrected chi connectivity index (χ0v) is 11.2. The second-order valence-corrected chi connectivity index (χ2v) is 5.48. The molecule has 0 saturated carbocycles. The van der Waals surface area contributed by atoms with Crippen LogP contribution in [0.1, 0.15) is 0 Å². The van der Waals surface area contributed by atoms with Gasteiger partial charge in [-0.2, -0.15) is 0 Å². The lowest BCUT2D eigenvalue weighted by atomic mass is 10.2. The zero-order valence-electron chi connectivity index (χ0n) is 9.64. The minimum Gasteiger partial charge on any atom is -0.373 e. The van der Waals surface area contributed by atoms with E-state index in [1.54, 1.807) is 0 Å². The summed E-state index contributed by atoms with van der Waals surface area (Å²) in [6.07, 6.45) is 0. The van der Waals surface area contributed by atoms with Crippen molar-refractivity contribution < 1.29 is 0 Å². The highest BCUT2D eigenvalue weighted by atomic mass is 35.5. The summed E-state index contributed by atoms with van der Waals surface area (Å²) in [5.74, 6) is 1.54. The third kappa shape index (κ3) is 1.94. The van der Waals surface area contributed by atoms with E-state index >= 15 is 0 Å². The van der Waals surface area contributed by atoms with Gasteiger partial charge in [0, 0.05) is 12.4 Å². The topological polar surface area (TPSA) is 37.8 Å². The summed E-state index contributed by atoms with van der Waals surface area (Å²) in [5, 5.41) is 4.13. The molecule has 0 aliphatic carbocycles. The SMILES string of the molecule is CNc1nc(-c2ccc(Cl)s2)nc2ccccc12. The number of thiophene rings is 1. The fourth-order valence-corrected chi connectivity index (χ4v) is 2.79. The second kappa shape index (κ2) is 4.55. The van der Waals surface area contributed by atoms with E-state index in [1.807, 2.05) is 43.4 Å². The first-order chi connectivity index (χ1) is 8.78. The zero-order chi connectivity index (χ0) is 12.5. The smallest absolute Gasteiger partial charge is 0.172 e. The average Bonchev–Trinajstić information content (AvgIpc) is 2.84. The minimum absolute atomic E-state index is 0.704. The number of halogens is 1. The van der Waals surface area contributed by atoms with Crippen molar-refractivity contribution in [1.29, 1.82) is 0 Å². The summed E-state index contributed by atoms with van der Waals surface area (Å²) in [6.45, 7) is 0. The molecule has 5 heteroatoms. The van der Waals surface area contributed by atoms with Crippen LogP contribution in [0.3, 0.4) is 0 Å². The van der Waals surface area contributed by atoms with Crippen molar-refractivity contribution >= 4 is 39.7 Å². The molecule has 0 bridgehead atoms. The van der Waals surface area contributed by atoms with Crippen LogP contribution in [0.4, 0.5) is 5.82 Å². The van der Waals surface area contributed by atoms with Gasteiger partial charge < -0.3 is 5.32 Å². The normalized spacial score (nSPS) is 10.8. The van der Waals surface area contributed by atoms with Crippen LogP contribution in [-0.4, -0.2) is 17.0 Å². The molecule has 3 nitrogen and oxygen atoms in total. The van der Waals surface area contributed by atoms with Crippen LogP contribution < -0.4 is 5.32 Å². The molecule has 0 aliphatic rings. The first kappa shape index (κ1) is 11.4. The van der Waals surface area contributed by atoms with Gasteiger partial charge in [-0.3, -0.25) is 0 Å². The molecule has 3 aromatic rings. The van der Waals surface area contributed by atoms with E-state index in [0.717, 1.165) is 25.9 Å². The number of rotatable bonds is 2. The summed E-state index contributed by atoms with van der Waals surface area (Å²) in [4.78, 5) is 10.1. The van der Waals surface area contributed by atoms with Crippen molar-refractivity contribution in [3.05, 3.63) is 40.7 Å². The van der Waals surface area contributed by atoms with Crippen LogP contribution in [0.2, 0.25) is 4.34 Å².